The van der Waals surface area contributed by atoms with E-state index in [1.54, 1.807) is 4.90 Å². The maximum atomic E-state index is 12.0. The number of carbonyl (C=O) groups is 1. The molecule has 0 bridgehead atoms. The molecule has 116 valence electrons. The molecule has 0 radical (unpaired) electrons. The topological polar surface area (TPSA) is 32.8 Å². The number of carbonyl (C=O) groups excluding carboxylic acids is 1. The Balaban J connectivity index is 1.90. The molecule has 1 aliphatic rings. The number of amides is 1. The smallest absolute Gasteiger partial charge is 0.414 e. The third kappa shape index (κ3) is 4.13. The lowest BCUT2D eigenvalue weighted by Crippen LogP contribution is -2.24. The molecule has 0 saturated carbocycles. The summed E-state index contributed by atoms with van der Waals surface area (Å²) in [6.07, 6.45) is 5.65. The van der Waals surface area contributed by atoms with E-state index in [4.69, 9.17) is 4.74 Å². The van der Waals surface area contributed by atoms with Crippen LogP contribution < -0.4 is 9.80 Å². The third-order valence-corrected chi connectivity index (χ3v) is 3.93. The standard InChI is InChI=1S/C17H26N2O2/c1-4-5-6-7-8-16-13-19(17(20)21-16)15-11-9-14(10-12-15)18(2)3/h9-12,16H,4-8,13H2,1-3H3. The van der Waals surface area contributed by atoms with E-state index in [0.717, 1.165) is 24.2 Å². The van der Waals surface area contributed by atoms with Crippen LogP contribution >= 0.6 is 0 Å². The molecule has 0 N–H and O–H groups in total. The van der Waals surface area contributed by atoms with Crippen molar-refractivity contribution in [2.75, 3.05) is 30.4 Å². The van der Waals surface area contributed by atoms with E-state index in [1.807, 2.05) is 43.3 Å². The fourth-order valence-corrected chi connectivity index (χ4v) is 2.61. The van der Waals surface area contributed by atoms with Gasteiger partial charge in [-0.25, -0.2) is 4.79 Å². The molecule has 2 rings (SSSR count). The van der Waals surface area contributed by atoms with Crippen LogP contribution in [0.3, 0.4) is 0 Å². The van der Waals surface area contributed by atoms with E-state index in [0.29, 0.717) is 6.54 Å². The minimum absolute atomic E-state index is 0.0443. The van der Waals surface area contributed by atoms with Crippen LogP contribution in [0.4, 0.5) is 16.2 Å². The molecule has 1 amide bonds. The molecule has 0 aromatic heterocycles. The van der Waals surface area contributed by atoms with Crippen molar-refractivity contribution in [3.63, 3.8) is 0 Å². The second-order valence-corrected chi connectivity index (χ2v) is 5.88. The van der Waals surface area contributed by atoms with Crippen LogP contribution in [0.25, 0.3) is 0 Å². The lowest BCUT2D eigenvalue weighted by atomic mass is 10.1. The van der Waals surface area contributed by atoms with Gasteiger partial charge in [0.05, 0.1) is 6.54 Å². The highest BCUT2D eigenvalue weighted by molar-refractivity contribution is 5.89. The van der Waals surface area contributed by atoms with Crippen molar-refractivity contribution < 1.29 is 9.53 Å². The molecule has 1 unspecified atom stereocenters. The number of hydrogen-bond acceptors (Lipinski definition) is 3. The normalized spacial score (nSPS) is 18.0. The number of ether oxygens (including phenoxy) is 1. The van der Waals surface area contributed by atoms with Crippen molar-refractivity contribution in [3.05, 3.63) is 24.3 Å². The summed E-state index contributed by atoms with van der Waals surface area (Å²) in [7, 11) is 4.01. The first-order valence-corrected chi connectivity index (χ1v) is 7.87. The van der Waals surface area contributed by atoms with E-state index in [2.05, 4.69) is 6.92 Å². The summed E-state index contributed by atoms with van der Waals surface area (Å²) in [5.74, 6) is 0. The molecule has 1 aromatic carbocycles. The number of benzene rings is 1. The molecular formula is C17H26N2O2. The van der Waals surface area contributed by atoms with Crippen molar-refractivity contribution >= 4 is 17.5 Å². The Bertz CT molecular complexity index is 456. The Morgan fingerprint density at radius 2 is 1.90 bits per heavy atom. The minimum atomic E-state index is -0.215. The number of anilines is 2. The molecule has 4 heteroatoms. The van der Waals surface area contributed by atoms with Gasteiger partial charge in [-0.2, -0.15) is 0 Å². The van der Waals surface area contributed by atoms with Gasteiger partial charge in [-0.3, -0.25) is 4.90 Å². The van der Waals surface area contributed by atoms with E-state index < -0.39 is 0 Å². The molecule has 1 fully saturated rings. The molecule has 1 aliphatic heterocycles. The summed E-state index contributed by atoms with van der Waals surface area (Å²) in [5.41, 5.74) is 2.05. The fraction of sp³-hybridized carbons (Fsp3) is 0.588. The zero-order valence-electron chi connectivity index (χ0n) is 13.3. The average molecular weight is 290 g/mol. The fourth-order valence-electron chi connectivity index (χ4n) is 2.61. The van der Waals surface area contributed by atoms with Gasteiger partial charge in [-0.1, -0.05) is 26.2 Å². The maximum Gasteiger partial charge on any atom is 0.414 e. The third-order valence-electron chi connectivity index (χ3n) is 3.93. The summed E-state index contributed by atoms with van der Waals surface area (Å²) in [4.78, 5) is 15.8. The van der Waals surface area contributed by atoms with Gasteiger partial charge in [0.25, 0.3) is 0 Å². The van der Waals surface area contributed by atoms with Crippen molar-refractivity contribution in [1.82, 2.24) is 0 Å². The molecule has 1 heterocycles. The van der Waals surface area contributed by atoms with Crippen molar-refractivity contribution in [2.24, 2.45) is 0 Å². The van der Waals surface area contributed by atoms with Gasteiger partial charge in [0.15, 0.2) is 0 Å². The Kier molecular flexibility index (Phi) is 5.48. The van der Waals surface area contributed by atoms with Crippen LogP contribution in [0.15, 0.2) is 24.3 Å². The molecule has 1 aromatic rings. The Morgan fingerprint density at radius 1 is 1.19 bits per heavy atom. The first-order valence-electron chi connectivity index (χ1n) is 7.87. The molecule has 0 aliphatic carbocycles. The quantitative estimate of drug-likeness (QED) is 0.710. The van der Waals surface area contributed by atoms with Crippen molar-refractivity contribution in [1.29, 1.82) is 0 Å². The van der Waals surface area contributed by atoms with Crippen molar-refractivity contribution in [3.8, 4) is 0 Å². The van der Waals surface area contributed by atoms with Crippen LogP contribution in [0.2, 0.25) is 0 Å². The van der Waals surface area contributed by atoms with Crippen molar-refractivity contribution in [2.45, 2.75) is 45.1 Å². The van der Waals surface area contributed by atoms with Crippen LogP contribution in [-0.4, -0.2) is 32.8 Å². The molecule has 0 spiro atoms. The first kappa shape index (κ1) is 15.7. The zero-order valence-corrected chi connectivity index (χ0v) is 13.3. The molecule has 1 saturated heterocycles. The Hall–Kier alpha value is -1.71. The Labute approximate surface area is 127 Å². The van der Waals surface area contributed by atoms with Gasteiger partial charge < -0.3 is 9.64 Å². The van der Waals surface area contributed by atoms with Crippen LogP contribution in [0.5, 0.6) is 0 Å². The molecule has 21 heavy (non-hydrogen) atoms. The Morgan fingerprint density at radius 3 is 2.52 bits per heavy atom. The lowest BCUT2D eigenvalue weighted by molar-refractivity contribution is 0.135. The van der Waals surface area contributed by atoms with Crippen LogP contribution in [-0.2, 0) is 4.74 Å². The largest absolute Gasteiger partial charge is 0.444 e. The number of rotatable bonds is 7. The van der Waals surface area contributed by atoms with E-state index in [1.165, 1.54) is 19.3 Å². The second kappa shape index (κ2) is 7.34. The highest BCUT2D eigenvalue weighted by atomic mass is 16.6. The van der Waals surface area contributed by atoms with Gasteiger partial charge in [-0.05, 0) is 37.1 Å². The zero-order chi connectivity index (χ0) is 15.2. The number of nitrogens with zero attached hydrogens (tertiary/aromatic N) is 2. The lowest BCUT2D eigenvalue weighted by Gasteiger charge is -2.16. The van der Waals surface area contributed by atoms with E-state index in [-0.39, 0.29) is 12.2 Å². The molecule has 4 nitrogen and oxygen atoms in total. The highest BCUT2D eigenvalue weighted by Crippen LogP contribution is 2.25. The van der Waals surface area contributed by atoms with Crippen LogP contribution in [0.1, 0.15) is 39.0 Å². The number of unbranched alkanes of at least 4 members (excludes halogenated alkanes) is 3. The van der Waals surface area contributed by atoms with Gasteiger partial charge in [0.2, 0.25) is 0 Å². The minimum Gasteiger partial charge on any atom is -0.444 e. The summed E-state index contributed by atoms with van der Waals surface area (Å²) < 4.78 is 5.46. The summed E-state index contributed by atoms with van der Waals surface area (Å²) in [5, 5.41) is 0. The van der Waals surface area contributed by atoms with E-state index in [9.17, 15) is 4.79 Å². The predicted molar refractivity (Wildman–Crippen MR) is 87.1 cm³/mol. The summed E-state index contributed by atoms with van der Waals surface area (Å²) in [6, 6.07) is 8.01. The SMILES string of the molecule is CCCCCCC1CN(c2ccc(N(C)C)cc2)C(=O)O1. The molecular weight excluding hydrogens is 264 g/mol. The van der Waals surface area contributed by atoms with Gasteiger partial charge in [0, 0.05) is 25.5 Å². The monoisotopic (exact) mass is 290 g/mol. The summed E-state index contributed by atoms with van der Waals surface area (Å²) in [6.45, 7) is 2.88. The van der Waals surface area contributed by atoms with E-state index >= 15 is 0 Å². The van der Waals surface area contributed by atoms with Crippen LogP contribution in [0, 0.1) is 0 Å². The first-order chi connectivity index (χ1) is 10.1. The summed E-state index contributed by atoms with van der Waals surface area (Å²) >= 11 is 0. The predicted octanol–water partition coefficient (Wildman–Crippen LogP) is 4.05. The molecule has 1 atom stereocenters. The number of cyclic esters (lactones) is 1. The average Bonchev–Trinajstić information content (AvgIpc) is 2.85. The highest BCUT2D eigenvalue weighted by Gasteiger charge is 2.31. The second-order valence-electron chi connectivity index (χ2n) is 5.88. The number of hydrogen-bond donors (Lipinski definition) is 0. The van der Waals surface area contributed by atoms with Gasteiger partial charge in [0.1, 0.15) is 6.10 Å². The maximum absolute atomic E-state index is 12.0. The van der Waals surface area contributed by atoms with Gasteiger partial charge in [-0.15, -0.1) is 0 Å². The van der Waals surface area contributed by atoms with Gasteiger partial charge >= 0.3 is 6.09 Å².